The van der Waals surface area contributed by atoms with Crippen molar-refractivity contribution in [2.75, 3.05) is 4.90 Å². The molecule has 0 radical (unpaired) electrons. The second kappa shape index (κ2) is 10.5. The van der Waals surface area contributed by atoms with E-state index < -0.39 is 48.2 Å². The Morgan fingerprint density at radius 3 is 2.03 bits per heavy atom. The lowest BCUT2D eigenvalue weighted by Gasteiger charge is -2.32. The molecule has 0 saturated heterocycles. The van der Waals surface area contributed by atoms with Gasteiger partial charge < -0.3 is 15.2 Å². The molecule has 2 aromatic carbocycles. The molecule has 2 unspecified atom stereocenters. The van der Waals surface area contributed by atoms with Gasteiger partial charge in [0.2, 0.25) is 0 Å². The predicted octanol–water partition coefficient (Wildman–Crippen LogP) is 4.39. The Balaban J connectivity index is 1.86. The Morgan fingerprint density at radius 2 is 1.55 bits per heavy atom. The van der Waals surface area contributed by atoms with E-state index in [-0.39, 0.29) is 6.42 Å². The fourth-order valence-corrected chi connectivity index (χ4v) is 4.53. The number of aliphatic carboxylic acids is 1. The van der Waals surface area contributed by atoms with E-state index in [1.54, 1.807) is 32.9 Å². The van der Waals surface area contributed by atoms with Crippen LogP contribution >= 0.6 is 11.8 Å². The number of carbonyl (C=O) groups is 4. The van der Waals surface area contributed by atoms with Crippen molar-refractivity contribution in [1.82, 2.24) is 5.32 Å². The summed E-state index contributed by atoms with van der Waals surface area (Å²) >= 11 is 1.53. The summed E-state index contributed by atoms with van der Waals surface area (Å²) in [7, 11) is 0. The van der Waals surface area contributed by atoms with Crippen LogP contribution in [0.15, 0.2) is 58.3 Å². The van der Waals surface area contributed by atoms with Gasteiger partial charge in [0, 0.05) is 16.2 Å². The van der Waals surface area contributed by atoms with Gasteiger partial charge >= 0.3 is 12.1 Å². The van der Waals surface area contributed by atoms with Gasteiger partial charge in [-0.2, -0.15) is 0 Å². The van der Waals surface area contributed by atoms with Crippen LogP contribution in [0.25, 0.3) is 0 Å². The molecule has 0 bridgehead atoms. The summed E-state index contributed by atoms with van der Waals surface area (Å²) in [6.45, 7) is 5.01. The Kier molecular flexibility index (Phi) is 7.75. The van der Waals surface area contributed by atoms with Gasteiger partial charge in [-0.25, -0.2) is 9.69 Å². The lowest BCUT2D eigenvalue weighted by molar-refractivity contribution is -0.141. The highest BCUT2D eigenvalue weighted by Gasteiger charge is 2.35. The smallest absolute Gasteiger partial charge is 0.419 e. The highest BCUT2D eigenvalue weighted by molar-refractivity contribution is 7.99. The zero-order valence-electron chi connectivity index (χ0n) is 18.6. The normalized spacial score (nSPS) is 14.0. The van der Waals surface area contributed by atoms with Crippen molar-refractivity contribution in [2.24, 2.45) is 5.92 Å². The molecular formula is C24H26N2O6S. The largest absolute Gasteiger partial charge is 0.481 e. The summed E-state index contributed by atoms with van der Waals surface area (Å²) in [6.07, 6.45) is -2.42. The number of ketones is 1. The third kappa shape index (κ3) is 5.54. The van der Waals surface area contributed by atoms with Crippen LogP contribution in [0, 0.1) is 5.92 Å². The van der Waals surface area contributed by atoms with Crippen molar-refractivity contribution < 1.29 is 29.0 Å². The van der Waals surface area contributed by atoms with E-state index in [0.717, 1.165) is 9.79 Å². The zero-order valence-corrected chi connectivity index (χ0v) is 19.4. The highest BCUT2D eigenvalue weighted by Crippen LogP contribution is 2.48. The van der Waals surface area contributed by atoms with Gasteiger partial charge in [0.25, 0.3) is 5.91 Å². The van der Waals surface area contributed by atoms with Gasteiger partial charge in [-0.15, -0.1) is 0 Å². The number of amides is 2. The number of hydrogen-bond acceptors (Lipinski definition) is 6. The summed E-state index contributed by atoms with van der Waals surface area (Å²) in [6, 6.07) is 13.6. The fraction of sp³-hybridized carbons (Fsp3) is 0.333. The summed E-state index contributed by atoms with van der Waals surface area (Å²) in [5.74, 6) is -2.74. The first-order valence-corrected chi connectivity index (χ1v) is 11.5. The van der Waals surface area contributed by atoms with Crippen molar-refractivity contribution in [2.45, 2.75) is 55.5 Å². The van der Waals surface area contributed by atoms with Crippen molar-refractivity contribution in [3.8, 4) is 0 Å². The number of Topliss-reactive ketones (excluding diaryl/α,β-unsaturated/α-hetero) is 1. The number of para-hydroxylation sites is 2. The topological polar surface area (TPSA) is 113 Å². The van der Waals surface area contributed by atoms with E-state index in [1.165, 1.54) is 16.7 Å². The maximum Gasteiger partial charge on any atom is 0.419 e. The van der Waals surface area contributed by atoms with E-state index in [1.807, 2.05) is 36.4 Å². The average molecular weight is 471 g/mol. The Labute approximate surface area is 196 Å². The maximum atomic E-state index is 13.3. The van der Waals surface area contributed by atoms with Crippen LogP contribution in [0.4, 0.5) is 16.2 Å². The number of benzene rings is 2. The van der Waals surface area contributed by atoms with Crippen molar-refractivity contribution in [1.29, 1.82) is 0 Å². The first-order valence-electron chi connectivity index (χ1n) is 10.6. The quantitative estimate of drug-likeness (QED) is 0.588. The monoisotopic (exact) mass is 470 g/mol. The molecule has 0 fully saturated rings. The zero-order chi connectivity index (χ0) is 24.1. The van der Waals surface area contributed by atoms with Gasteiger partial charge in [0.05, 0.1) is 23.8 Å². The molecule has 3 rings (SSSR count). The Morgan fingerprint density at radius 1 is 1.00 bits per heavy atom. The van der Waals surface area contributed by atoms with Gasteiger partial charge in [0.1, 0.15) is 0 Å². The molecule has 8 nitrogen and oxygen atoms in total. The van der Waals surface area contributed by atoms with Crippen molar-refractivity contribution >= 4 is 46.9 Å². The van der Waals surface area contributed by atoms with Crippen LogP contribution < -0.4 is 10.2 Å². The Bertz CT molecular complexity index is 1020. The number of nitrogens with zero attached hydrogens (tertiary/aromatic N) is 1. The molecule has 2 N–H and O–H groups in total. The number of fused-ring (bicyclic) bond motifs is 2. The lowest BCUT2D eigenvalue weighted by Crippen LogP contribution is -2.50. The van der Waals surface area contributed by atoms with Gasteiger partial charge in [-0.05, 0) is 30.2 Å². The third-order valence-electron chi connectivity index (χ3n) is 5.14. The molecule has 2 atom stereocenters. The summed E-state index contributed by atoms with van der Waals surface area (Å²) < 4.78 is 5.65. The molecule has 0 spiro atoms. The summed E-state index contributed by atoms with van der Waals surface area (Å²) in [5, 5.41) is 11.6. The molecule has 174 valence electrons. The van der Waals surface area contributed by atoms with Crippen LogP contribution in [0.3, 0.4) is 0 Å². The van der Waals surface area contributed by atoms with Crippen molar-refractivity contribution in [3.05, 3.63) is 48.5 Å². The van der Waals surface area contributed by atoms with Crippen LogP contribution in [-0.2, 0) is 19.1 Å². The van der Waals surface area contributed by atoms with Crippen LogP contribution in [-0.4, -0.2) is 41.0 Å². The molecule has 2 aromatic rings. The first kappa shape index (κ1) is 24.3. The molecule has 0 aromatic heterocycles. The SMILES string of the molecule is CCC(=O)C(CC(=O)O)NC(=O)C(OC(=O)N1c2ccccc2Sc2ccccc21)C(C)C. The highest BCUT2D eigenvalue weighted by atomic mass is 32.2. The Hall–Kier alpha value is -3.33. The number of carboxylic acids is 1. The number of ether oxygens (including phenoxy) is 1. The molecule has 1 aliphatic rings. The minimum absolute atomic E-state index is 0.0728. The van der Waals surface area contributed by atoms with Crippen LogP contribution in [0.1, 0.15) is 33.6 Å². The number of carbonyl (C=O) groups excluding carboxylic acids is 3. The van der Waals surface area contributed by atoms with E-state index in [4.69, 9.17) is 9.84 Å². The minimum Gasteiger partial charge on any atom is -0.481 e. The second-order valence-electron chi connectivity index (χ2n) is 7.90. The summed E-state index contributed by atoms with van der Waals surface area (Å²) in [4.78, 5) is 52.7. The average Bonchev–Trinajstić information content (AvgIpc) is 2.79. The first-order chi connectivity index (χ1) is 15.7. The molecule has 9 heteroatoms. The number of rotatable bonds is 8. The number of hydrogen-bond donors (Lipinski definition) is 2. The van der Waals surface area contributed by atoms with E-state index in [9.17, 15) is 19.2 Å². The standard InChI is InChI=1S/C24H26N2O6S/c1-4-18(27)15(13-21(28)29)25-23(30)22(14(2)3)32-24(31)26-16-9-5-7-11-19(16)33-20-12-8-6-10-17(20)26/h5-12,14-15,22H,4,13H2,1-3H3,(H,25,30)(H,28,29). The van der Waals surface area contributed by atoms with Crippen LogP contribution in [0.2, 0.25) is 0 Å². The summed E-state index contributed by atoms with van der Waals surface area (Å²) in [5.41, 5.74) is 1.28. The van der Waals surface area contributed by atoms with E-state index in [2.05, 4.69) is 5.32 Å². The number of carboxylic acid groups (broad SMARTS) is 1. The molecule has 0 saturated carbocycles. The lowest BCUT2D eigenvalue weighted by atomic mass is 10.0. The number of anilines is 2. The fourth-order valence-electron chi connectivity index (χ4n) is 3.48. The molecule has 33 heavy (non-hydrogen) atoms. The molecule has 0 aliphatic carbocycles. The maximum absolute atomic E-state index is 13.3. The van der Waals surface area contributed by atoms with Gasteiger partial charge in [-0.1, -0.05) is 56.8 Å². The molecule has 1 aliphatic heterocycles. The van der Waals surface area contributed by atoms with Gasteiger partial charge in [0.15, 0.2) is 11.9 Å². The number of nitrogens with one attached hydrogen (secondary N) is 1. The third-order valence-corrected chi connectivity index (χ3v) is 6.27. The van der Waals surface area contributed by atoms with E-state index in [0.29, 0.717) is 11.4 Å². The minimum atomic E-state index is -1.22. The molecule has 2 amide bonds. The molecule has 1 heterocycles. The van der Waals surface area contributed by atoms with Crippen molar-refractivity contribution in [3.63, 3.8) is 0 Å². The van der Waals surface area contributed by atoms with E-state index >= 15 is 0 Å². The van der Waals surface area contributed by atoms with Crippen LogP contribution in [0.5, 0.6) is 0 Å². The molecular weight excluding hydrogens is 444 g/mol. The second-order valence-corrected chi connectivity index (χ2v) is 8.98. The predicted molar refractivity (Wildman–Crippen MR) is 124 cm³/mol. The van der Waals surface area contributed by atoms with Gasteiger partial charge in [-0.3, -0.25) is 14.4 Å².